The molecule has 0 spiro atoms. The highest BCUT2D eigenvalue weighted by atomic mass is 35.5. The number of hydrogen-bond donors (Lipinski definition) is 0. The number of amides is 2. The van der Waals surface area contributed by atoms with E-state index in [0.717, 1.165) is 4.90 Å². The third kappa shape index (κ3) is 3.36. The summed E-state index contributed by atoms with van der Waals surface area (Å²) in [4.78, 5) is 23.8. The Kier molecular flexibility index (Phi) is 4.10. The number of ether oxygens (including phenoxy) is 1. The fourth-order valence-electron chi connectivity index (χ4n) is 1.40. The van der Waals surface area contributed by atoms with Gasteiger partial charge in [-0.1, -0.05) is 0 Å². The van der Waals surface area contributed by atoms with Crippen LogP contribution in [0.4, 0.5) is 4.79 Å². The van der Waals surface area contributed by atoms with Gasteiger partial charge in [0, 0.05) is 5.57 Å². The van der Waals surface area contributed by atoms with Crippen molar-refractivity contribution in [3.8, 4) is 0 Å². The molecular weight excluding hydrogens is 265 g/mol. The van der Waals surface area contributed by atoms with Crippen LogP contribution in [0.2, 0.25) is 0 Å². The molecule has 0 atom stereocenters. The first-order valence-corrected chi connectivity index (χ1v) is 6.03. The smallest absolute Gasteiger partial charge is 0.417 e. The molecule has 2 amide bonds. The van der Waals surface area contributed by atoms with Crippen molar-refractivity contribution in [2.45, 2.75) is 38.1 Å². The molecular formula is C11H15Cl2NO3. The Morgan fingerprint density at radius 1 is 1.41 bits per heavy atom. The Morgan fingerprint density at radius 2 is 1.94 bits per heavy atom. The van der Waals surface area contributed by atoms with E-state index >= 15 is 0 Å². The van der Waals surface area contributed by atoms with E-state index in [1.165, 1.54) is 0 Å². The molecule has 0 N–H and O–H groups in total. The fraction of sp³-hybridized carbons (Fsp3) is 0.636. The predicted octanol–water partition coefficient (Wildman–Crippen LogP) is 2.88. The molecule has 1 rings (SSSR count). The zero-order valence-corrected chi connectivity index (χ0v) is 11.7. The monoisotopic (exact) mass is 279 g/mol. The van der Waals surface area contributed by atoms with Gasteiger partial charge in [-0.15, -0.1) is 23.2 Å². The molecule has 17 heavy (non-hydrogen) atoms. The molecule has 0 aromatic heterocycles. The van der Waals surface area contributed by atoms with Gasteiger partial charge in [-0.25, -0.2) is 9.69 Å². The summed E-state index contributed by atoms with van der Waals surface area (Å²) in [5, 5.41) is 0. The summed E-state index contributed by atoms with van der Waals surface area (Å²) in [7, 11) is 0. The van der Waals surface area contributed by atoms with Crippen LogP contribution in [0.3, 0.4) is 0 Å². The van der Waals surface area contributed by atoms with Gasteiger partial charge in [0.1, 0.15) is 10.4 Å². The van der Waals surface area contributed by atoms with Gasteiger partial charge in [0.15, 0.2) is 0 Å². The maximum Gasteiger partial charge on any atom is 0.417 e. The third-order valence-corrected chi connectivity index (χ3v) is 2.78. The number of hydrogen-bond acceptors (Lipinski definition) is 3. The molecule has 1 heterocycles. The molecule has 0 aliphatic carbocycles. The van der Waals surface area contributed by atoms with Gasteiger partial charge in [0.05, 0.1) is 6.54 Å². The van der Waals surface area contributed by atoms with E-state index in [-0.39, 0.29) is 6.54 Å². The van der Waals surface area contributed by atoms with Crippen LogP contribution in [-0.2, 0) is 9.53 Å². The number of nitrogens with zero attached hydrogens (tertiary/aromatic N) is 1. The van der Waals surface area contributed by atoms with Crippen molar-refractivity contribution in [3.63, 3.8) is 0 Å². The van der Waals surface area contributed by atoms with Crippen LogP contribution in [0.15, 0.2) is 11.1 Å². The molecule has 4 nitrogen and oxygen atoms in total. The average molecular weight is 280 g/mol. The highest BCUT2D eigenvalue weighted by Gasteiger charge is 2.36. The van der Waals surface area contributed by atoms with Crippen molar-refractivity contribution in [3.05, 3.63) is 11.1 Å². The zero-order valence-electron chi connectivity index (χ0n) is 10.2. The van der Waals surface area contributed by atoms with Gasteiger partial charge in [-0.3, -0.25) is 4.79 Å². The topological polar surface area (TPSA) is 46.6 Å². The summed E-state index contributed by atoms with van der Waals surface area (Å²) in [6.07, 6.45) is -0.675. The normalized spacial score (nSPS) is 17.1. The Labute approximate surface area is 110 Å². The highest BCUT2D eigenvalue weighted by molar-refractivity contribution is 6.46. The van der Waals surface area contributed by atoms with Crippen molar-refractivity contribution < 1.29 is 14.3 Å². The van der Waals surface area contributed by atoms with Gasteiger partial charge in [-0.2, -0.15) is 0 Å². The molecule has 0 bridgehead atoms. The molecule has 0 saturated heterocycles. The quantitative estimate of drug-likeness (QED) is 0.694. The first-order chi connectivity index (χ1) is 7.63. The number of rotatable bonds is 1. The standard InChI is InChI=1S/C11H15Cl2NO3/c1-6-7(8(12)13)5-14(9(6)15)10(16)17-11(2,3)4/h8H,5H2,1-4H3. The van der Waals surface area contributed by atoms with Crippen molar-refractivity contribution in [1.82, 2.24) is 4.90 Å². The third-order valence-electron chi connectivity index (χ3n) is 2.25. The molecule has 0 fully saturated rings. The van der Waals surface area contributed by atoms with Gasteiger partial charge in [-0.05, 0) is 33.3 Å². The van der Waals surface area contributed by atoms with Crippen LogP contribution >= 0.6 is 23.2 Å². The molecule has 0 saturated carbocycles. The lowest BCUT2D eigenvalue weighted by molar-refractivity contribution is -0.124. The molecule has 1 aliphatic heterocycles. The molecule has 96 valence electrons. The number of carbonyl (C=O) groups excluding carboxylic acids is 2. The van der Waals surface area contributed by atoms with Gasteiger partial charge >= 0.3 is 6.09 Å². The molecule has 6 heteroatoms. The van der Waals surface area contributed by atoms with Crippen molar-refractivity contribution in [2.24, 2.45) is 0 Å². The maximum atomic E-state index is 11.8. The number of halogens is 2. The van der Waals surface area contributed by atoms with Crippen LogP contribution in [-0.4, -0.2) is 33.9 Å². The Bertz CT molecular complexity index is 383. The van der Waals surface area contributed by atoms with Crippen molar-refractivity contribution >= 4 is 35.2 Å². The van der Waals surface area contributed by atoms with Crippen LogP contribution in [0.5, 0.6) is 0 Å². The van der Waals surface area contributed by atoms with Crippen LogP contribution in [0.1, 0.15) is 27.7 Å². The van der Waals surface area contributed by atoms with E-state index < -0.39 is 22.4 Å². The number of imide groups is 1. The Morgan fingerprint density at radius 3 is 2.29 bits per heavy atom. The highest BCUT2D eigenvalue weighted by Crippen LogP contribution is 2.27. The number of alkyl halides is 2. The summed E-state index contributed by atoms with van der Waals surface area (Å²) in [5.41, 5.74) is 0.310. The predicted molar refractivity (Wildman–Crippen MR) is 66.1 cm³/mol. The van der Waals surface area contributed by atoms with Crippen LogP contribution in [0.25, 0.3) is 0 Å². The van der Waals surface area contributed by atoms with Crippen molar-refractivity contribution in [1.29, 1.82) is 0 Å². The summed E-state index contributed by atoms with van der Waals surface area (Å²) >= 11 is 11.4. The molecule has 0 unspecified atom stereocenters. The largest absolute Gasteiger partial charge is 0.443 e. The molecule has 1 aliphatic rings. The second-order valence-corrected chi connectivity index (χ2v) is 5.92. The first kappa shape index (κ1) is 14.3. The van der Waals surface area contributed by atoms with Crippen LogP contribution in [0, 0.1) is 0 Å². The second-order valence-electron chi connectivity index (χ2n) is 4.82. The minimum atomic E-state index is -0.786. The van der Waals surface area contributed by atoms with E-state index in [1.807, 2.05) is 0 Å². The number of carbonyl (C=O) groups is 2. The minimum absolute atomic E-state index is 0.0945. The second kappa shape index (κ2) is 4.86. The van der Waals surface area contributed by atoms with E-state index in [2.05, 4.69) is 0 Å². The zero-order chi connectivity index (χ0) is 13.4. The first-order valence-electron chi connectivity index (χ1n) is 5.16. The molecule has 0 radical (unpaired) electrons. The lowest BCUT2D eigenvalue weighted by Crippen LogP contribution is -2.38. The fourth-order valence-corrected chi connectivity index (χ4v) is 1.86. The summed E-state index contributed by atoms with van der Waals surface area (Å²) in [5.74, 6) is -0.402. The SMILES string of the molecule is CC1=C(C(Cl)Cl)CN(C(=O)OC(C)(C)C)C1=O. The van der Waals surface area contributed by atoms with Crippen LogP contribution < -0.4 is 0 Å². The van der Waals surface area contributed by atoms with Gasteiger partial charge in [0.2, 0.25) is 0 Å². The van der Waals surface area contributed by atoms with E-state index in [4.69, 9.17) is 27.9 Å². The van der Waals surface area contributed by atoms with E-state index in [1.54, 1.807) is 27.7 Å². The lowest BCUT2D eigenvalue weighted by Gasteiger charge is -2.23. The molecule has 0 aromatic carbocycles. The van der Waals surface area contributed by atoms with Gasteiger partial charge in [0.25, 0.3) is 5.91 Å². The Balaban J connectivity index is 2.80. The molecule has 0 aromatic rings. The summed E-state index contributed by atoms with van der Waals surface area (Å²) in [6, 6.07) is 0. The average Bonchev–Trinajstić information content (AvgIpc) is 2.41. The van der Waals surface area contributed by atoms with Gasteiger partial charge < -0.3 is 4.74 Å². The van der Waals surface area contributed by atoms with E-state index in [0.29, 0.717) is 11.1 Å². The Hall–Kier alpha value is -0.740. The van der Waals surface area contributed by atoms with Crippen molar-refractivity contribution in [2.75, 3.05) is 6.54 Å². The summed E-state index contributed by atoms with van der Waals surface area (Å²) < 4.78 is 5.12. The summed E-state index contributed by atoms with van der Waals surface area (Å²) in [6.45, 7) is 6.90. The lowest BCUT2D eigenvalue weighted by atomic mass is 10.2. The maximum absolute atomic E-state index is 11.8. The van der Waals surface area contributed by atoms with E-state index in [9.17, 15) is 9.59 Å². The minimum Gasteiger partial charge on any atom is -0.443 e.